The van der Waals surface area contributed by atoms with Gasteiger partial charge < -0.3 is 20.1 Å². The van der Waals surface area contributed by atoms with Crippen LogP contribution < -0.4 is 0 Å². The maximum absolute atomic E-state index is 13.4. The molecule has 0 aliphatic heterocycles. The molecule has 3 N–H and O–H groups in total. The van der Waals surface area contributed by atoms with Gasteiger partial charge in [0.15, 0.2) is 5.60 Å². The van der Waals surface area contributed by atoms with Gasteiger partial charge in [0.1, 0.15) is 11.9 Å². The molecule has 0 heterocycles. The molecule has 2 rings (SSSR count). The van der Waals surface area contributed by atoms with Crippen LogP contribution in [0.5, 0.6) is 0 Å². The fourth-order valence-corrected chi connectivity index (χ4v) is 2.01. The standard InChI is InChI=1S/C14H15FO5/c15-10-4-2-1-3-9(10)8-20-12-5-6-14(19,13(17)18)7-11(12)16/h1-6,11-12,16,19H,7-8H2,(H,17,18)/t11-,12-,14+/m1/s1. The highest BCUT2D eigenvalue weighted by Crippen LogP contribution is 2.25. The Morgan fingerprint density at radius 2 is 2.15 bits per heavy atom. The van der Waals surface area contributed by atoms with Crippen molar-refractivity contribution in [1.29, 1.82) is 0 Å². The van der Waals surface area contributed by atoms with Gasteiger partial charge in [-0.2, -0.15) is 0 Å². The molecule has 0 spiro atoms. The molecular weight excluding hydrogens is 267 g/mol. The van der Waals surface area contributed by atoms with Crippen LogP contribution in [0.1, 0.15) is 12.0 Å². The maximum Gasteiger partial charge on any atom is 0.339 e. The number of carbonyl (C=O) groups is 1. The summed E-state index contributed by atoms with van der Waals surface area (Å²) in [6, 6.07) is 6.08. The van der Waals surface area contributed by atoms with Gasteiger partial charge >= 0.3 is 5.97 Å². The van der Waals surface area contributed by atoms with E-state index in [2.05, 4.69) is 0 Å². The average molecular weight is 282 g/mol. The van der Waals surface area contributed by atoms with Crippen LogP contribution in [0.2, 0.25) is 0 Å². The lowest BCUT2D eigenvalue weighted by molar-refractivity contribution is -0.159. The van der Waals surface area contributed by atoms with Crippen LogP contribution in [0.4, 0.5) is 4.39 Å². The first-order valence-corrected chi connectivity index (χ1v) is 6.10. The Morgan fingerprint density at radius 3 is 2.75 bits per heavy atom. The van der Waals surface area contributed by atoms with E-state index in [9.17, 15) is 19.4 Å². The molecule has 20 heavy (non-hydrogen) atoms. The number of hydrogen-bond donors (Lipinski definition) is 3. The second-order valence-corrected chi connectivity index (χ2v) is 4.73. The number of aliphatic carboxylic acids is 1. The van der Waals surface area contributed by atoms with Crippen molar-refractivity contribution in [2.75, 3.05) is 0 Å². The molecule has 1 aliphatic carbocycles. The van der Waals surface area contributed by atoms with Crippen molar-refractivity contribution < 1.29 is 29.2 Å². The van der Waals surface area contributed by atoms with E-state index in [0.29, 0.717) is 5.56 Å². The Labute approximate surface area is 114 Å². The fourth-order valence-electron chi connectivity index (χ4n) is 2.01. The summed E-state index contributed by atoms with van der Waals surface area (Å²) in [5.74, 6) is -1.84. The molecular formula is C14H15FO5. The molecule has 5 nitrogen and oxygen atoms in total. The first kappa shape index (κ1) is 14.6. The minimum absolute atomic E-state index is 0.0513. The summed E-state index contributed by atoms with van der Waals surface area (Å²) in [6.45, 7) is -0.0513. The summed E-state index contributed by atoms with van der Waals surface area (Å²) in [4.78, 5) is 10.8. The molecule has 0 aromatic heterocycles. The highest BCUT2D eigenvalue weighted by molar-refractivity contribution is 5.80. The number of carboxylic acid groups (broad SMARTS) is 1. The Kier molecular flexibility index (Phi) is 4.17. The van der Waals surface area contributed by atoms with Crippen molar-refractivity contribution in [3.8, 4) is 0 Å². The van der Waals surface area contributed by atoms with E-state index in [0.717, 1.165) is 6.08 Å². The van der Waals surface area contributed by atoms with Crippen LogP contribution in [0.25, 0.3) is 0 Å². The van der Waals surface area contributed by atoms with Crippen LogP contribution in [0.3, 0.4) is 0 Å². The SMILES string of the molecule is O=C(O)[C@]1(O)C=C[C@@H](OCc2ccccc2F)[C@H](O)C1. The van der Waals surface area contributed by atoms with Crippen LogP contribution in [-0.4, -0.2) is 39.1 Å². The third-order valence-electron chi connectivity index (χ3n) is 3.22. The molecule has 0 saturated heterocycles. The molecule has 1 aromatic carbocycles. The van der Waals surface area contributed by atoms with Crippen molar-refractivity contribution in [1.82, 2.24) is 0 Å². The molecule has 0 fully saturated rings. The molecule has 3 atom stereocenters. The van der Waals surface area contributed by atoms with E-state index in [1.807, 2.05) is 0 Å². The van der Waals surface area contributed by atoms with Gasteiger partial charge in [-0.05, 0) is 12.1 Å². The lowest BCUT2D eigenvalue weighted by Crippen LogP contribution is -2.46. The number of benzene rings is 1. The largest absolute Gasteiger partial charge is 0.479 e. The predicted octanol–water partition coefficient (Wildman–Crippen LogP) is 0.847. The second kappa shape index (κ2) is 5.70. The molecule has 0 radical (unpaired) electrons. The van der Waals surface area contributed by atoms with Gasteiger partial charge in [-0.3, -0.25) is 0 Å². The van der Waals surface area contributed by atoms with E-state index in [4.69, 9.17) is 9.84 Å². The van der Waals surface area contributed by atoms with Crippen LogP contribution in [0, 0.1) is 5.82 Å². The zero-order chi connectivity index (χ0) is 14.8. The number of aliphatic hydroxyl groups is 2. The fraction of sp³-hybridized carbons (Fsp3) is 0.357. The zero-order valence-corrected chi connectivity index (χ0v) is 10.6. The van der Waals surface area contributed by atoms with Crippen molar-refractivity contribution in [2.45, 2.75) is 30.8 Å². The van der Waals surface area contributed by atoms with E-state index >= 15 is 0 Å². The van der Waals surface area contributed by atoms with Crippen molar-refractivity contribution in [3.63, 3.8) is 0 Å². The zero-order valence-electron chi connectivity index (χ0n) is 10.6. The van der Waals surface area contributed by atoms with E-state index < -0.39 is 29.6 Å². The van der Waals surface area contributed by atoms with Crippen molar-refractivity contribution in [3.05, 3.63) is 47.8 Å². The number of rotatable bonds is 4. The van der Waals surface area contributed by atoms with Crippen LogP contribution >= 0.6 is 0 Å². The molecule has 1 aromatic rings. The number of ether oxygens (including phenoxy) is 1. The predicted molar refractivity (Wildman–Crippen MR) is 67.3 cm³/mol. The number of aliphatic hydroxyl groups excluding tert-OH is 1. The van der Waals surface area contributed by atoms with Crippen LogP contribution in [0.15, 0.2) is 36.4 Å². The summed E-state index contributed by atoms with van der Waals surface area (Å²) >= 11 is 0. The van der Waals surface area contributed by atoms with E-state index in [-0.39, 0.29) is 13.0 Å². The quantitative estimate of drug-likeness (QED) is 0.713. The molecule has 1 aliphatic rings. The van der Waals surface area contributed by atoms with Gasteiger partial charge in [0.25, 0.3) is 0 Å². The second-order valence-electron chi connectivity index (χ2n) is 4.73. The number of carboxylic acids is 1. The van der Waals surface area contributed by atoms with Gasteiger partial charge in [0.05, 0.1) is 12.7 Å². The van der Waals surface area contributed by atoms with Gasteiger partial charge in [0.2, 0.25) is 0 Å². The minimum atomic E-state index is -2.09. The maximum atomic E-state index is 13.4. The van der Waals surface area contributed by atoms with Crippen LogP contribution in [-0.2, 0) is 16.1 Å². The normalized spacial score (nSPS) is 29.4. The summed E-state index contributed by atoms with van der Waals surface area (Å²) in [5.41, 5.74) is -1.75. The Hall–Kier alpha value is -1.76. The smallest absolute Gasteiger partial charge is 0.339 e. The van der Waals surface area contributed by atoms with E-state index in [1.165, 1.54) is 12.1 Å². The molecule has 0 unspecified atom stereocenters. The Balaban J connectivity index is 2.02. The minimum Gasteiger partial charge on any atom is -0.479 e. The first-order valence-electron chi connectivity index (χ1n) is 6.10. The van der Waals surface area contributed by atoms with Gasteiger partial charge in [-0.15, -0.1) is 0 Å². The lowest BCUT2D eigenvalue weighted by Gasteiger charge is -2.31. The topological polar surface area (TPSA) is 87.0 Å². The molecule has 0 bridgehead atoms. The lowest BCUT2D eigenvalue weighted by atomic mass is 9.87. The number of halogens is 1. The molecule has 0 amide bonds. The average Bonchev–Trinajstić information content (AvgIpc) is 2.39. The van der Waals surface area contributed by atoms with E-state index in [1.54, 1.807) is 18.2 Å². The van der Waals surface area contributed by atoms with Crippen molar-refractivity contribution >= 4 is 5.97 Å². The molecule has 0 saturated carbocycles. The molecule has 108 valence electrons. The summed E-state index contributed by atoms with van der Waals surface area (Å²) in [6.07, 6.45) is 0.0277. The van der Waals surface area contributed by atoms with Gasteiger partial charge in [-0.25, -0.2) is 9.18 Å². The van der Waals surface area contributed by atoms with Gasteiger partial charge in [0, 0.05) is 12.0 Å². The number of hydrogen-bond acceptors (Lipinski definition) is 4. The monoisotopic (exact) mass is 282 g/mol. The third kappa shape index (κ3) is 3.04. The van der Waals surface area contributed by atoms with Gasteiger partial charge in [-0.1, -0.05) is 24.3 Å². The summed E-state index contributed by atoms with van der Waals surface area (Å²) < 4.78 is 18.7. The Bertz CT molecular complexity index is 530. The third-order valence-corrected chi connectivity index (χ3v) is 3.22. The highest BCUT2D eigenvalue weighted by Gasteiger charge is 2.41. The van der Waals surface area contributed by atoms with Crippen molar-refractivity contribution in [2.24, 2.45) is 0 Å². The Morgan fingerprint density at radius 1 is 1.45 bits per heavy atom. The summed E-state index contributed by atoms with van der Waals surface area (Å²) in [5, 5.41) is 28.4. The first-order chi connectivity index (χ1) is 9.42. The summed E-state index contributed by atoms with van der Waals surface area (Å²) in [7, 11) is 0. The molecule has 6 heteroatoms. The highest BCUT2D eigenvalue weighted by atomic mass is 19.1.